The molecule has 0 radical (unpaired) electrons. The van der Waals surface area contributed by atoms with Gasteiger partial charge in [0.25, 0.3) is 0 Å². The Morgan fingerprint density at radius 2 is 1.65 bits per heavy atom. The van der Waals surface area contributed by atoms with Crippen LogP contribution in [0, 0.1) is 11.8 Å². The van der Waals surface area contributed by atoms with E-state index in [0.717, 1.165) is 11.8 Å². The molecule has 0 aromatic carbocycles. The van der Waals surface area contributed by atoms with Crippen LogP contribution in [0.2, 0.25) is 0 Å². The fraction of sp³-hybridized carbons (Fsp3) is 1.00. The molecule has 20 heavy (non-hydrogen) atoms. The average Bonchev–Trinajstić information content (AvgIpc) is 2.45. The molecule has 3 aliphatic rings. The summed E-state index contributed by atoms with van der Waals surface area (Å²) in [6.07, 6.45) is 13.2. The molecule has 3 fully saturated rings. The summed E-state index contributed by atoms with van der Waals surface area (Å²) in [5, 5.41) is 0. The molecule has 0 bridgehead atoms. The Bertz CT molecular complexity index is 301. The number of nitrogens with zero attached hydrogens (tertiary/aromatic N) is 2. The Labute approximate surface area is 125 Å². The van der Waals surface area contributed by atoms with E-state index in [0.29, 0.717) is 5.54 Å². The van der Waals surface area contributed by atoms with Gasteiger partial charge in [0, 0.05) is 12.1 Å². The number of likely N-dealkylation sites (tertiary alicyclic amines) is 2. The van der Waals surface area contributed by atoms with Gasteiger partial charge in [0.2, 0.25) is 0 Å². The molecule has 1 unspecified atom stereocenters. The highest BCUT2D eigenvalue weighted by molar-refractivity contribution is 4.98. The minimum atomic E-state index is 0.610. The molecular weight excluding hydrogens is 244 g/mol. The van der Waals surface area contributed by atoms with E-state index in [2.05, 4.69) is 23.8 Å². The Hall–Kier alpha value is -0.0800. The molecule has 2 heterocycles. The third kappa shape index (κ3) is 3.22. The van der Waals surface area contributed by atoms with Crippen LogP contribution in [0.15, 0.2) is 0 Å². The molecule has 1 saturated carbocycles. The van der Waals surface area contributed by atoms with E-state index >= 15 is 0 Å². The number of hydrogen-bond donors (Lipinski definition) is 0. The van der Waals surface area contributed by atoms with Gasteiger partial charge in [-0.05, 0) is 77.0 Å². The topological polar surface area (TPSA) is 6.48 Å². The predicted molar refractivity (Wildman–Crippen MR) is 86.0 cm³/mol. The second-order valence-corrected chi connectivity index (χ2v) is 8.08. The van der Waals surface area contributed by atoms with Crippen LogP contribution in [-0.4, -0.2) is 48.6 Å². The van der Waals surface area contributed by atoms with Gasteiger partial charge in [0.1, 0.15) is 0 Å². The second kappa shape index (κ2) is 6.36. The third-order valence-electron chi connectivity index (χ3n) is 6.39. The van der Waals surface area contributed by atoms with E-state index in [1.54, 1.807) is 0 Å². The van der Waals surface area contributed by atoms with Gasteiger partial charge in [-0.3, -0.25) is 4.90 Å². The first-order valence-corrected chi connectivity index (χ1v) is 9.11. The maximum atomic E-state index is 2.96. The molecule has 0 aromatic heterocycles. The normalized spacial score (nSPS) is 33.6. The SMILES string of the molecule is CC1CCN(CC2CCN(C)CC2)C2(CCCCC2)C1. The highest BCUT2D eigenvalue weighted by Gasteiger charge is 2.42. The molecular formula is C18H34N2. The summed E-state index contributed by atoms with van der Waals surface area (Å²) in [5.74, 6) is 1.93. The van der Waals surface area contributed by atoms with E-state index in [1.165, 1.54) is 84.0 Å². The summed E-state index contributed by atoms with van der Waals surface area (Å²) in [4.78, 5) is 5.47. The van der Waals surface area contributed by atoms with Crippen molar-refractivity contribution < 1.29 is 0 Å². The molecule has 2 aliphatic heterocycles. The Morgan fingerprint density at radius 3 is 2.35 bits per heavy atom. The zero-order valence-corrected chi connectivity index (χ0v) is 13.7. The lowest BCUT2D eigenvalue weighted by molar-refractivity contribution is -0.0205. The fourth-order valence-electron chi connectivity index (χ4n) is 5.06. The summed E-state index contributed by atoms with van der Waals surface area (Å²) in [5.41, 5.74) is 0.610. The largest absolute Gasteiger partial charge is 0.306 e. The number of piperidine rings is 2. The molecule has 0 N–H and O–H groups in total. The van der Waals surface area contributed by atoms with Crippen LogP contribution in [0.3, 0.4) is 0 Å². The van der Waals surface area contributed by atoms with Gasteiger partial charge >= 0.3 is 0 Å². The molecule has 2 nitrogen and oxygen atoms in total. The highest BCUT2D eigenvalue weighted by atomic mass is 15.2. The second-order valence-electron chi connectivity index (χ2n) is 8.08. The van der Waals surface area contributed by atoms with Gasteiger partial charge in [-0.25, -0.2) is 0 Å². The Balaban J connectivity index is 1.63. The molecule has 1 aliphatic carbocycles. The van der Waals surface area contributed by atoms with E-state index in [9.17, 15) is 0 Å². The maximum absolute atomic E-state index is 2.96. The molecule has 116 valence electrons. The molecule has 0 aromatic rings. The zero-order chi connectivity index (χ0) is 14.0. The summed E-state index contributed by atoms with van der Waals surface area (Å²) >= 11 is 0. The van der Waals surface area contributed by atoms with Gasteiger partial charge in [0.05, 0.1) is 0 Å². The zero-order valence-electron chi connectivity index (χ0n) is 13.7. The number of hydrogen-bond acceptors (Lipinski definition) is 2. The van der Waals surface area contributed by atoms with Crippen LogP contribution in [0.1, 0.15) is 64.7 Å². The van der Waals surface area contributed by atoms with Crippen molar-refractivity contribution in [3.63, 3.8) is 0 Å². The van der Waals surface area contributed by atoms with Crippen LogP contribution in [0.5, 0.6) is 0 Å². The standard InChI is InChI=1S/C18H34N2/c1-16-6-13-20(15-17-7-11-19(2)12-8-17)18(14-16)9-4-3-5-10-18/h16-17H,3-15H2,1-2H3. The minimum Gasteiger partial charge on any atom is -0.306 e. The lowest BCUT2D eigenvalue weighted by Gasteiger charge is -2.53. The smallest absolute Gasteiger partial charge is 0.0212 e. The first-order chi connectivity index (χ1) is 9.68. The van der Waals surface area contributed by atoms with Gasteiger partial charge in [-0.2, -0.15) is 0 Å². The summed E-state index contributed by atoms with van der Waals surface area (Å²) in [6, 6.07) is 0. The molecule has 1 spiro atoms. The first-order valence-electron chi connectivity index (χ1n) is 9.11. The summed E-state index contributed by atoms with van der Waals surface area (Å²) in [7, 11) is 2.28. The number of rotatable bonds is 2. The van der Waals surface area contributed by atoms with Crippen molar-refractivity contribution in [2.24, 2.45) is 11.8 Å². The molecule has 0 amide bonds. The molecule has 1 atom stereocenters. The molecule has 2 saturated heterocycles. The minimum absolute atomic E-state index is 0.610. The van der Waals surface area contributed by atoms with Crippen LogP contribution in [0.4, 0.5) is 0 Å². The Kier molecular flexibility index (Phi) is 4.72. The van der Waals surface area contributed by atoms with Crippen molar-refractivity contribution in [2.75, 3.05) is 33.2 Å². The monoisotopic (exact) mass is 278 g/mol. The van der Waals surface area contributed by atoms with E-state index < -0.39 is 0 Å². The average molecular weight is 278 g/mol. The van der Waals surface area contributed by atoms with Crippen LogP contribution < -0.4 is 0 Å². The van der Waals surface area contributed by atoms with Gasteiger partial charge < -0.3 is 4.90 Å². The van der Waals surface area contributed by atoms with Crippen LogP contribution >= 0.6 is 0 Å². The first kappa shape index (κ1) is 14.8. The molecule has 3 rings (SSSR count). The highest BCUT2D eigenvalue weighted by Crippen LogP contribution is 2.43. The van der Waals surface area contributed by atoms with E-state index in [1.807, 2.05) is 0 Å². The lowest BCUT2D eigenvalue weighted by Crippen LogP contribution is -2.56. The van der Waals surface area contributed by atoms with Crippen molar-refractivity contribution in [2.45, 2.75) is 70.3 Å². The third-order valence-corrected chi connectivity index (χ3v) is 6.39. The van der Waals surface area contributed by atoms with Crippen molar-refractivity contribution >= 4 is 0 Å². The van der Waals surface area contributed by atoms with Gasteiger partial charge in [0.15, 0.2) is 0 Å². The summed E-state index contributed by atoms with van der Waals surface area (Å²) in [6.45, 7) is 7.92. The Morgan fingerprint density at radius 1 is 0.950 bits per heavy atom. The van der Waals surface area contributed by atoms with Crippen LogP contribution in [0.25, 0.3) is 0 Å². The lowest BCUT2D eigenvalue weighted by atomic mass is 9.71. The van der Waals surface area contributed by atoms with E-state index in [4.69, 9.17) is 0 Å². The van der Waals surface area contributed by atoms with Crippen molar-refractivity contribution in [1.82, 2.24) is 9.80 Å². The predicted octanol–water partition coefficient (Wildman–Crippen LogP) is 3.76. The van der Waals surface area contributed by atoms with Crippen LogP contribution in [-0.2, 0) is 0 Å². The summed E-state index contributed by atoms with van der Waals surface area (Å²) < 4.78 is 0. The maximum Gasteiger partial charge on any atom is 0.0212 e. The quantitative estimate of drug-likeness (QED) is 0.759. The molecule has 2 heteroatoms. The van der Waals surface area contributed by atoms with Crippen molar-refractivity contribution in [1.29, 1.82) is 0 Å². The van der Waals surface area contributed by atoms with Crippen molar-refractivity contribution in [3.05, 3.63) is 0 Å². The van der Waals surface area contributed by atoms with Crippen molar-refractivity contribution in [3.8, 4) is 0 Å². The van der Waals surface area contributed by atoms with Gasteiger partial charge in [-0.15, -0.1) is 0 Å². The van der Waals surface area contributed by atoms with Gasteiger partial charge in [-0.1, -0.05) is 26.2 Å². The fourth-order valence-corrected chi connectivity index (χ4v) is 5.06. The van der Waals surface area contributed by atoms with E-state index in [-0.39, 0.29) is 0 Å².